The highest BCUT2D eigenvalue weighted by molar-refractivity contribution is 7.80. The van der Waals surface area contributed by atoms with Crippen molar-refractivity contribution in [3.8, 4) is 0 Å². The van der Waals surface area contributed by atoms with Gasteiger partial charge >= 0.3 is 0 Å². The number of benzene rings is 1. The number of hydrogen-bond donors (Lipinski definition) is 2. The number of halogens is 1. The highest BCUT2D eigenvalue weighted by Gasteiger charge is 2.06. The summed E-state index contributed by atoms with van der Waals surface area (Å²) >= 11 is 10.9. The van der Waals surface area contributed by atoms with Crippen molar-refractivity contribution in [1.82, 2.24) is 15.6 Å². The lowest BCUT2D eigenvalue weighted by Gasteiger charge is -2.10. The summed E-state index contributed by atoms with van der Waals surface area (Å²) in [6, 6.07) is 10.8. The van der Waals surface area contributed by atoms with Gasteiger partial charge in [-0.2, -0.15) is 0 Å². The fraction of sp³-hybridized carbons (Fsp3) is 0.188. The predicted octanol–water partition coefficient (Wildman–Crippen LogP) is 2.56. The third kappa shape index (κ3) is 6.32. The van der Waals surface area contributed by atoms with E-state index in [-0.39, 0.29) is 11.0 Å². The van der Waals surface area contributed by atoms with Gasteiger partial charge in [-0.1, -0.05) is 23.7 Å². The Balaban J connectivity index is 1.61. The molecule has 1 aromatic carbocycles. The van der Waals surface area contributed by atoms with Crippen LogP contribution in [0.4, 0.5) is 0 Å². The SMILES string of the molecule is O=C(NC(=S)NCCOCc1ccc(Cl)cc1)c1cccnc1. The van der Waals surface area contributed by atoms with E-state index in [4.69, 9.17) is 28.6 Å². The first kappa shape index (κ1) is 17.3. The van der Waals surface area contributed by atoms with Crippen LogP contribution in [0, 0.1) is 0 Å². The number of nitrogens with one attached hydrogen (secondary N) is 2. The number of carbonyl (C=O) groups is 1. The Kier molecular flexibility index (Phi) is 6.93. The molecule has 7 heteroatoms. The molecular weight excluding hydrogens is 334 g/mol. The molecule has 0 saturated carbocycles. The maximum Gasteiger partial charge on any atom is 0.258 e. The lowest BCUT2D eigenvalue weighted by molar-refractivity contribution is 0.0975. The second-order valence-electron chi connectivity index (χ2n) is 4.63. The van der Waals surface area contributed by atoms with Crippen molar-refractivity contribution in [3.63, 3.8) is 0 Å². The third-order valence-electron chi connectivity index (χ3n) is 2.86. The molecule has 5 nitrogen and oxygen atoms in total. The summed E-state index contributed by atoms with van der Waals surface area (Å²) in [5, 5.41) is 6.45. The summed E-state index contributed by atoms with van der Waals surface area (Å²) in [6.07, 6.45) is 3.08. The first-order chi connectivity index (χ1) is 11.1. The average molecular weight is 350 g/mol. The predicted molar refractivity (Wildman–Crippen MR) is 93.4 cm³/mol. The van der Waals surface area contributed by atoms with Gasteiger partial charge in [0.15, 0.2) is 5.11 Å². The Morgan fingerprint density at radius 1 is 1.26 bits per heavy atom. The van der Waals surface area contributed by atoms with Crippen LogP contribution in [-0.2, 0) is 11.3 Å². The lowest BCUT2D eigenvalue weighted by atomic mass is 10.2. The fourth-order valence-electron chi connectivity index (χ4n) is 1.72. The summed E-state index contributed by atoms with van der Waals surface area (Å²) < 4.78 is 5.51. The first-order valence-corrected chi connectivity index (χ1v) is 7.75. The van der Waals surface area contributed by atoms with E-state index in [1.165, 1.54) is 6.20 Å². The van der Waals surface area contributed by atoms with Crippen LogP contribution >= 0.6 is 23.8 Å². The van der Waals surface area contributed by atoms with E-state index in [9.17, 15) is 4.79 Å². The number of rotatable bonds is 6. The van der Waals surface area contributed by atoms with Crippen molar-refractivity contribution < 1.29 is 9.53 Å². The number of thiocarbonyl (C=S) groups is 1. The minimum atomic E-state index is -0.294. The first-order valence-electron chi connectivity index (χ1n) is 6.96. The largest absolute Gasteiger partial charge is 0.375 e. The number of amides is 1. The second-order valence-corrected chi connectivity index (χ2v) is 5.48. The Morgan fingerprint density at radius 2 is 2.04 bits per heavy atom. The number of nitrogens with zero attached hydrogens (tertiary/aromatic N) is 1. The molecule has 1 aromatic heterocycles. The zero-order valence-corrected chi connectivity index (χ0v) is 13.9. The number of aromatic nitrogens is 1. The molecule has 0 unspecified atom stereocenters. The molecule has 0 saturated heterocycles. The molecule has 0 spiro atoms. The Morgan fingerprint density at radius 3 is 2.74 bits per heavy atom. The Bertz CT molecular complexity index is 650. The summed E-state index contributed by atoms with van der Waals surface area (Å²) in [6.45, 7) is 1.46. The molecule has 0 aliphatic carbocycles. The maximum atomic E-state index is 11.8. The molecule has 0 aliphatic heterocycles. The zero-order chi connectivity index (χ0) is 16.5. The van der Waals surface area contributed by atoms with Gasteiger partial charge in [-0.3, -0.25) is 15.1 Å². The van der Waals surface area contributed by atoms with E-state index in [1.54, 1.807) is 18.3 Å². The van der Waals surface area contributed by atoms with E-state index in [0.717, 1.165) is 5.56 Å². The van der Waals surface area contributed by atoms with Gasteiger partial charge in [-0.15, -0.1) is 0 Å². The molecular formula is C16H16ClN3O2S. The van der Waals surface area contributed by atoms with Crippen molar-refractivity contribution in [2.24, 2.45) is 0 Å². The van der Waals surface area contributed by atoms with Gasteiger partial charge in [0.1, 0.15) is 0 Å². The van der Waals surface area contributed by atoms with Crippen molar-refractivity contribution in [1.29, 1.82) is 0 Å². The summed E-state index contributed by atoms with van der Waals surface area (Å²) in [7, 11) is 0. The summed E-state index contributed by atoms with van der Waals surface area (Å²) in [4.78, 5) is 15.7. The normalized spacial score (nSPS) is 10.1. The number of pyridine rings is 1. The Hall–Kier alpha value is -2.02. The molecule has 2 aromatic rings. The molecule has 2 N–H and O–H groups in total. The van der Waals surface area contributed by atoms with Gasteiger partial charge in [0, 0.05) is 24.0 Å². The maximum absolute atomic E-state index is 11.8. The molecule has 0 atom stereocenters. The van der Waals surface area contributed by atoms with Crippen molar-refractivity contribution in [2.75, 3.05) is 13.2 Å². The zero-order valence-electron chi connectivity index (χ0n) is 12.3. The standard InChI is InChI=1S/C16H16ClN3O2S/c17-14-5-3-12(4-6-14)11-22-9-8-19-16(23)20-15(21)13-2-1-7-18-10-13/h1-7,10H,8-9,11H2,(H2,19,20,21,23). The van der Waals surface area contributed by atoms with E-state index in [2.05, 4.69) is 15.6 Å². The van der Waals surface area contributed by atoms with Gasteiger partial charge in [0.25, 0.3) is 5.91 Å². The summed E-state index contributed by atoms with van der Waals surface area (Å²) in [5.74, 6) is -0.294. The van der Waals surface area contributed by atoms with Crippen molar-refractivity contribution in [3.05, 3.63) is 64.9 Å². The molecule has 2 rings (SSSR count). The molecule has 0 fully saturated rings. The van der Waals surface area contributed by atoms with E-state index >= 15 is 0 Å². The number of carbonyl (C=O) groups excluding carboxylic acids is 1. The van der Waals surface area contributed by atoms with Crippen LogP contribution in [0.5, 0.6) is 0 Å². The highest BCUT2D eigenvalue weighted by Crippen LogP contribution is 2.09. The third-order valence-corrected chi connectivity index (χ3v) is 3.36. The molecule has 0 aliphatic rings. The average Bonchev–Trinajstić information content (AvgIpc) is 2.57. The minimum absolute atomic E-state index is 0.258. The summed E-state index contributed by atoms with van der Waals surface area (Å²) in [5.41, 5.74) is 1.50. The second kappa shape index (κ2) is 9.19. The van der Waals surface area contributed by atoms with Crippen LogP contribution in [0.15, 0.2) is 48.8 Å². The van der Waals surface area contributed by atoms with Gasteiger partial charge in [-0.25, -0.2) is 0 Å². The van der Waals surface area contributed by atoms with Gasteiger partial charge in [-0.05, 0) is 42.0 Å². The lowest BCUT2D eigenvalue weighted by Crippen LogP contribution is -2.40. The molecule has 1 heterocycles. The monoisotopic (exact) mass is 349 g/mol. The van der Waals surface area contributed by atoms with E-state index in [0.29, 0.717) is 30.3 Å². The van der Waals surface area contributed by atoms with E-state index < -0.39 is 0 Å². The molecule has 23 heavy (non-hydrogen) atoms. The van der Waals surface area contributed by atoms with Crippen molar-refractivity contribution >= 4 is 34.8 Å². The smallest absolute Gasteiger partial charge is 0.258 e. The minimum Gasteiger partial charge on any atom is -0.375 e. The molecule has 0 radical (unpaired) electrons. The Labute approximate surface area is 145 Å². The number of hydrogen-bond acceptors (Lipinski definition) is 4. The van der Waals surface area contributed by atoms with Crippen LogP contribution in [0.25, 0.3) is 0 Å². The van der Waals surface area contributed by atoms with E-state index in [1.807, 2.05) is 24.3 Å². The van der Waals surface area contributed by atoms with Gasteiger partial charge in [0.2, 0.25) is 0 Å². The quantitative estimate of drug-likeness (QED) is 0.620. The van der Waals surface area contributed by atoms with Crippen LogP contribution in [0.2, 0.25) is 5.02 Å². The topological polar surface area (TPSA) is 63.2 Å². The molecule has 0 bridgehead atoms. The van der Waals surface area contributed by atoms with Gasteiger partial charge in [0.05, 0.1) is 18.8 Å². The van der Waals surface area contributed by atoms with Crippen LogP contribution in [-0.4, -0.2) is 29.2 Å². The molecule has 1 amide bonds. The van der Waals surface area contributed by atoms with Gasteiger partial charge < -0.3 is 10.1 Å². The molecule has 120 valence electrons. The van der Waals surface area contributed by atoms with Crippen LogP contribution in [0.3, 0.4) is 0 Å². The van der Waals surface area contributed by atoms with Crippen LogP contribution in [0.1, 0.15) is 15.9 Å². The number of ether oxygens (including phenoxy) is 1. The van der Waals surface area contributed by atoms with Crippen molar-refractivity contribution in [2.45, 2.75) is 6.61 Å². The highest BCUT2D eigenvalue weighted by atomic mass is 35.5. The van der Waals surface area contributed by atoms with Crippen LogP contribution < -0.4 is 10.6 Å². The fourth-order valence-corrected chi connectivity index (χ4v) is 2.04.